The molecule has 1 saturated carbocycles. The highest BCUT2D eigenvalue weighted by atomic mass is 32.2. The third-order valence-corrected chi connectivity index (χ3v) is 16.8. The van der Waals surface area contributed by atoms with Gasteiger partial charge in [-0.2, -0.15) is 32.1 Å². The molecule has 0 saturated heterocycles. The number of amides is 3. The monoisotopic (exact) mass is 1240 g/mol. The molecule has 4 N–H and O–H groups in total. The van der Waals surface area contributed by atoms with E-state index in [1.54, 1.807) is 36.4 Å². The number of fused-ring (bicyclic) bond motifs is 4. The van der Waals surface area contributed by atoms with Gasteiger partial charge in [-0.15, -0.1) is 0 Å². The van der Waals surface area contributed by atoms with Crippen LogP contribution in [0.5, 0.6) is 0 Å². The summed E-state index contributed by atoms with van der Waals surface area (Å²) < 4.78 is 212. The van der Waals surface area contributed by atoms with Gasteiger partial charge in [0.1, 0.15) is 53.6 Å². The second-order valence-electron chi connectivity index (χ2n) is 21.3. The van der Waals surface area contributed by atoms with Crippen molar-refractivity contribution >= 4 is 27.6 Å². The number of nitrogens with zero attached hydrogens (tertiary/aromatic N) is 6. The van der Waals surface area contributed by atoms with E-state index in [1.807, 2.05) is 0 Å². The number of sulfone groups is 1. The van der Waals surface area contributed by atoms with Crippen molar-refractivity contribution in [3.8, 4) is 33.4 Å². The number of ether oxygens (including phenoxy) is 1. The Kier molecular flexibility index (Phi) is 15.6. The highest BCUT2D eigenvalue weighted by Gasteiger charge is 2.67. The summed E-state index contributed by atoms with van der Waals surface area (Å²) in [5.74, 6) is -16.9. The van der Waals surface area contributed by atoms with E-state index in [2.05, 4.69) is 30.8 Å². The third kappa shape index (κ3) is 11.9. The summed E-state index contributed by atoms with van der Waals surface area (Å²) in [5.41, 5.74) is -0.0980. The molecule has 5 heterocycles. The van der Waals surface area contributed by atoms with E-state index >= 15 is 22.0 Å². The van der Waals surface area contributed by atoms with Crippen molar-refractivity contribution in [2.75, 3.05) is 7.11 Å². The molecule has 1 aliphatic heterocycles. The lowest BCUT2D eigenvalue weighted by Gasteiger charge is -2.23. The molecule has 3 unspecified atom stereocenters. The number of primary amides is 1. The number of carbonyl (C=O) groups is 3. The fourth-order valence-corrected chi connectivity index (χ4v) is 13.1. The van der Waals surface area contributed by atoms with Crippen molar-refractivity contribution in [1.82, 2.24) is 40.2 Å². The quantitative estimate of drug-likeness (QED) is 0.0653. The average molecular weight is 1240 g/mol. The number of nitrogens with one attached hydrogen (secondary N) is 2. The maximum absolute atomic E-state index is 17.0. The molecule has 0 bridgehead atoms. The van der Waals surface area contributed by atoms with Gasteiger partial charge >= 0.3 is 6.18 Å². The van der Waals surface area contributed by atoms with E-state index < -0.39 is 176 Å². The van der Waals surface area contributed by atoms with E-state index in [9.17, 15) is 53.5 Å². The normalized spacial score (nSPS) is 16.9. The van der Waals surface area contributed by atoms with Crippen molar-refractivity contribution in [3.63, 3.8) is 0 Å². The third-order valence-electron chi connectivity index (χ3n) is 15.3. The van der Waals surface area contributed by atoms with Crippen molar-refractivity contribution < 1.29 is 80.2 Å². The molecule has 1 fully saturated rings. The van der Waals surface area contributed by atoms with Crippen molar-refractivity contribution in [2.24, 2.45) is 11.7 Å². The molecule has 0 spiro atoms. The predicted molar refractivity (Wildman–Crippen MR) is 285 cm³/mol. The number of benzene rings is 4. The minimum atomic E-state index is -5.14. The van der Waals surface area contributed by atoms with Gasteiger partial charge in [-0.3, -0.25) is 33.7 Å². The number of halogens is 12. The van der Waals surface area contributed by atoms with E-state index in [-0.39, 0.29) is 57.8 Å². The zero-order chi connectivity index (χ0) is 62.2. The lowest BCUT2D eigenvalue weighted by molar-refractivity contribution is -0.142. The van der Waals surface area contributed by atoms with Gasteiger partial charge in [-0.1, -0.05) is 36.4 Å². The Balaban J connectivity index is 0.973. The molecule has 4 aromatic heterocycles. The molecule has 28 heteroatoms. The second kappa shape index (κ2) is 22.7. The predicted octanol–water partition coefficient (Wildman–Crippen LogP) is 10.6. The number of hydrogen-bond acceptors (Lipinski definition) is 10. The number of rotatable bonds is 19. The van der Waals surface area contributed by atoms with Crippen LogP contribution in [0.25, 0.3) is 33.4 Å². The van der Waals surface area contributed by atoms with Crippen LogP contribution >= 0.6 is 0 Å². The van der Waals surface area contributed by atoms with E-state index in [0.29, 0.717) is 26.6 Å². The van der Waals surface area contributed by atoms with Crippen LogP contribution < -0.4 is 16.4 Å². The van der Waals surface area contributed by atoms with Crippen LogP contribution in [0.4, 0.5) is 52.7 Å². The maximum Gasteiger partial charge on any atom is 0.435 e. The molecule has 0 radical (unpaired) electrons. The topological polar surface area (TPSA) is 206 Å². The van der Waals surface area contributed by atoms with Gasteiger partial charge in [0.25, 0.3) is 18.3 Å². The number of hydrogen-bond donors (Lipinski definition) is 3. The van der Waals surface area contributed by atoms with Crippen molar-refractivity contribution in [2.45, 2.75) is 87.0 Å². The van der Waals surface area contributed by atoms with E-state index in [1.165, 1.54) is 13.3 Å². The first kappa shape index (κ1) is 59.8. The molecule has 452 valence electrons. The molecular formula is C59H45F12N9O6S. The Morgan fingerprint density at radius 2 is 1.34 bits per heavy atom. The molecule has 3 aliphatic rings. The summed E-state index contributed by atoms with van der Waals surface area (Å²) in [6.07, 6.45) is -7.16. The van der Waals surface area contributed by atoms with Crippen LogP contribution in [0.15, 0.2) is 103 Å². The molecule has 87 heavy (non-hydrogen) atoms. The highest BCUT2D eigenvalue weighted by Crippen LogP contribution is 2.68. The first-order valence-electron chi connectivity index (χ1n) is 26.5. The van der Waals surface area contributed by atoms with Crippen molar-refractivity contribution in [1.29, 1.82) is 0 Å². The smallest absolute Gasteiger partial charge is 0.380 e. The van der Waals surface area contributed by atoms with Crippen LogP contribution in [0.2, 0.25) is 0 Å². The summed E-state index contributed by atoms with van der Waals surface area (Å²) in [4.78, 5) is 49.6. The fourth-order valence-electron chi connectivity index (χ4n) is 11.6. The number of alkyl halides is 7. The van der Waals surface area contributed by atoms with Gasteiger partial charge in [-0.05, 0) is 102 Å². The van der Waals surface area contributed by atoms with Gasteiger partial charge in [0.05, 0.1) is 58.4 Å². The van der Waals surface area contributed by atoms with Gasteiger partial charge in [0, 0.05) is 59.3 Å². The zero-order valence-electron chi connectivity index (χ0n) is 45.0. The summed E-state index contributed by atoms with van der Waals surface area (Å²) in [6.45, 7) is -1.77. The minimum Gasteiger partial charge on any atom is -0.380 e. The summed E-state index contributed by atoms with van der Waals surface area (Å²) in [5, 5.41) is 12.5. The standard InChI is InChI=1S/C59H45F12N9O6S/c1-86-24-27-4-6-30(7-5-27)35-3-2-10-73-51(35)44(75-48(82)23-80-55-50(53(77-80)56(65)66)37-20-40(37)58(55,67)68)16-29-13-42(63)49(43(64)14-29)32-18-36(31-8-9-41(62)38(17-31)57(72)83)52(74-21-32)45(15-28-11-33(60)19-34(61)12-28)76-47(81)22-79-46-26-87(84,85)25-39(46)54(78-79)59(69,70)71/h2-14,17-19,21,37,40,44-45,56H,15-16,20,22-26H2,1H3,(H2,72,83)(H,75,82)(H,76,81)/t37?,40?,44?,45-/m0/s1. The molecule has 3 amide bonds. The molecule has 4 atom stereocenters. The summed E-state index contributed by atoms with van der Waals surface area (Å²) in [6, 6.07) is 15.2. The fraction of sp³-hybridized carbons (Fsp3) is 0.271. The number of nitrogens with two attached hydrogens (primary N) is 1. The number of aromatic nitrogens is 6. The Morgan fingerprint density at radius 3 is 1.97 bits per heavy atom. The number of methoxy groups -OCH3 is 1. The molecule has 15 nitrogen and oxygen atoms in total. The SMILES string of the molecule is COCc1ccc(-c2cccnc2C(Cc2cc(F)c(-c3cnc([C@H](Cc4cc(F)cc(F)c4)NC(=O)Cn4nc(C(F)(F)F)c5c4CS(=O)(=O)C5)c(-c4ccc(F)c(C(N)=O)c4)c3)c(F)c2)NC(=O)Cn2nc(C(F)F)c3c2C(F)(F)C2CC32)cc1. The van der Waals surface area contributed by atoms with E-state index in [0.717, 1.165) is 60.3 Å². The second-order valence-corrected chi connectivity index (χ2v) is 23.3. The summed E-state index contributed by atoms with van der Waals surface area (Å²) >= 11 is 0. The van der Waals surface area contributed by atoms with E-state index in [4.69, 9.17) is 10.5 Å². The molecular weight excluding hydrogens is 1190 g/mol. The molecule has 8 aromatic rings. The van der Waals surface area contributed by atoms with Gasteiger partial charge in [-0.25, -0.2) is 39.2 Å². The highest BCUT2D eigenvalue weighted by molar-refractivity contribution is 7.90. The van der Waals surface area contributed by atoms with Crippen LogP contribution in [-0.4, -0.2) is 62.8 Å². The maximum atomic E-state index is 17.0. The first-order valence-corrected chi connectivity index (χ1v) is 28.3. The Hall–Kier alpha value is -8.92. The van der Waals surface area contributed by atoms with Gasteiger partial charge in [0.15, 0.2) is 15.5 Å². The molecule has 2 aliphatic carbocycles. The van der Waals surface area contributed by atoms with Crippen LogP contribution in [0.1, 0.15) is 103 Å². The minimum absolute atomic E-state index is 0.0342. The largest absolute Gasteiger partial charge is 0.435 e. The number of pyridine rings is 2. The lowest BCUT2D eigenvalue weighted by atomic mass is 9.91. The van der Waals surface area contributed by atoms with Crippen LogP contribution in [0.3, 0.4) is 0 Å². The number of carbonyl (C=O) groups excluding carboxylic acids is 3. The Morgan fingerprint density at radius 1 is 0.724 bits per heavy atom. The van der Waals surface area contributed by atoms with Crippen molar-refractivity contribution in [3.05, 3.63) is 200 Å². The van der Waals surface area contributed by atoms with Gasteiger partial charge < -0.3 is 21.1 Å². The van der Waals surface area contributed by atoms with Crippen LogP contribution in [-0.2, 0) is 80.3 Å². The zero-order valence-corrected chi connectivity index (χ0v) is 45.8. The molecule has 11 rings (SSSR count). The summed E-state index contributed by atoms with van der Waals surface area (Å²) in [7, 11) is -2.60. The lowest BCUT2D eigenvalue weighted by Crippen LogP contribution is -2.35. The van der Waals surface area contributed by atoms with Gasteiger partial charge in [0.2, 0.25) is 11.8 Å². The van der Waals surface area contributed by atoms with Crippen LogP contribution in [0, 0.1) is 35.0 Å². The average Bonchev–Trinajstić information content (AvgIpc) is 1.53. The Labute approximate surface area is 485 Å². The first-order chi connectivity index (χ1) is 41.2. The molecule has 4 aromatic carbocycles. The Bertz CT molecular complexity index is 4170.